The summed E-state index contributed by atoms with van der Waals surface area (Å²) in [4.78, 5) is 29.3. The lowest BCUT2D eigenvalue weighted by atomic mass is 9.89. The normalized spacial score (nSPS) is 28.9. The fourth-order valence-corrected chi connectivity index (χ4v) is 5.48. The summed E-state index contributed by atoms with van der Waals surface area (Å²) >= 11 is 0. The highest BCUT2D eigenvalue weighted by atomic mass is 16.6. The van der Waals surface area contributed by atoms with E-state index in [-0.39, 0.29) is 17.6 Å². The molecule has 4 rings (SSSR count). The molecule has 0 aromatic heterocycles. The first kappa shape index (κ1) is 19.0. The third-order valence-electron chi connectivity index (χ3n) is 7.75. The second-order valence-corrected chi connectivity index (χ2v) is 9.31. The average molecular weight is 378 g/mol. The van der Waals surface area contributed by atoms with Crippen molar-refractivity contribution in [2.24, 2.45) is 17.3 Å². The predicted molar refractivity (Wildman–Crippen MR) is 103 cm³/mol. The maximum atomic E-state index is 13.0. The van der Waals surface area contributed by atoms with Crippen LogP contribution < -0.4 is 5.32 Å². The molecule has 1 N–H and O–H groups in total. The Hall–Kier alpha value is -1.30. The second-order valence-electron chi connectivity index (χ2n) is 9.31. The molecule has 0 radical (unpaired) electrons. The first-order valence-corrected chi connectivity index (χ1v) is 11.0. The van der Waals surface area contributed by atoms with Gasteiger partial charge in [-0.15, -0.1) is 0 Å². The molecule has 152 valence electrons. The van der Waals surface area contributed by atoms with Crippen LogP contribution in [0.4, 0.5) is 4.79 Å². The Kier molecular flexibility index (Phi) is 5.12. The van der Waals surface area contributed by atoms with E-state index < -0.39 is 0 Å². The van der Waals surface area contributed by atoms with Crippen molar-refractivity contribution in [1.82, 2.24) is 15.1 Å². The van der Waals surface area contributed by atoms with E-state index >= 15 is 0 Å². The van der Waals surface area contributed by atoms with Crippen molar-refractivity contribution in [3.05, 3.63) is 0 Å². The lowest BCUT2D eigenvalue weighted by molar-refractivity contribution is -0.137. The van der Waals surface area contributed by atoms with Crippen LogP contribution in [0.5, 0.6) is 0 Å². The van der Waals surface area contributed by atoms with Crippen LogP contribution in [0, 0.1) is 17.3 Å². The molecule has 0 aromatic rings. The Balaban J connectivity index is 1.30. The average Bonchev–Trinajstić information content (AvgIpc) is 3.28. The summed E-state index contributed by atoms with van der Waals surface area (Å²) in [7, 11) is 0. The fraction of sp³-hybridized carbons (Fsp3) is 0.905. The number of ether oxygens (including phenoxy) is 1. The van der Waals surface area contributed by atoms with Crippen LogP contribution >= 0.6 is 0 Å². The molecule has 4 fully saturated rings. The number of rotatable bonds is 5. The molecule has 3 saturated heterocycles. The lowest BCUT2D eigenvalue weighted by Crippen LogP contribution is -2.49. The van der Waals surface area contributed by atoms with Crippen LogP contribution in [-0.4, -0.2) is 66.7 Å². The summed E-state index contributed by atoms with van der Waals surface area (Å²) < 4.78 is 5.85. The van der Waals surface area contributed by atoms with Crippen LogP contribution in [-0.2, 0) is 9.53 Å². The van der Waals surface area contributed by atoms with Gasteiger partial charge in [-0.05, 0) is 43.7 Å². The smallest absolute Gasteiger partial charge is 0.410 e. The van der Waals surface area contributed by atoms with Gasteiger partial charge in [0.25, 0.3) is 0 Å². The minimum absolute atomic E-state index is 0.155. The number of nitrogens with zero attached hydrogens (tertiary/aromatic N) is 2. The number of hydrogen-bond donors (Lipinski definition) is 1. The molecule has 0 bridgehead atoms. The highest BCUT2D eigenvalue weighted by Crippen LogP contribution is 2.59. The van der Waals surface area contributed by atoms with Gasteiger partial charge in [-0.25, -0.2) is 4.79 Å². The summed E-state index contributed by atoms with van der Waals surface area (Å²) in [6, 6.07) is 0. The zero-order valence-electron chi connectivity index (χ0n) is 17.0. The Morgan fingerprint density at radius 2 is 1.85 bits per heavy atom. The van der Waals surface area contributed by atoms with Crippen LogP contribution in [0.15, 0.2) is 0 Å². The van der Waals surface area contributed by atoms with E-state index in [1.54, 1.807) is 0 Å². The van der Waals surface area contributed by atoms with E-state index in [1.807, 2.05) is 9.80 Å². The minimum Gasteiger partial charge on any atom is -0.441 e. The lowest BCUT2D eigenvalue weighted by Gasteiger charge is -2.38. The Morgan fingerprint density at radius 3 is 2.48 bits per heavy atom. The van der Waals surface area contributed by atoms with E-state index in [1.165, 1.54) is 0 Å². The van der Waals surface area contributed by atoms with Gasteiger partial charge in [0.1, 0.15) is 5.60 Å². The van der Waals surface area contributed by atoms with E-state index in [0.717, 1.165) is 77.7 Å². The van der Waals surface area contributed by atoms with Crippen molar-refractivity contribution >= 4 is 12.0 Å². The fourth-order valence-electron chi connectivity index (χ4n) is 5.48. The number of carbonyl (C=O) groups is 2. The van der Waals surface area contributed by atoms with Gasteiger partial charge < -0.3 is 19.9 Å². The molecule has 2 amide bonds. The molecule has 27 heavy (non-hydrogen) atoms. The van der Waals surface area contributed by atoms with Gasteiger partial charge >= 0.3 is 6.09 Å². The van der Waals surface area contributed by atoms with Gasteiger partial charge in [-0.3, -0.25) is 4.79 Å². The zero-order valence-corrected chi connectivity index (χ0v) is 17.0. The molecule has 1 aliphatic carbocycles. The Bertz CT molecular complexity index is 575. The van der Waals surface area contributed by atoms with Crippen molar-refractivity contribution in [2.75, 3.05) is 39.3 Å². The zero-order chi connectivity index (χ0) is 19.1. The van der Waals surface area contributed by atoms with Gasteiger partial charge in [0.05, 0.1) is 6.54 Å². The first-order chi connectivity index (χ1) is 13.0. The van der Waals surface area contributed by atoms with Gasteiger partial charge in [0.2, 0.25) is 5.91 Å². The van der Waals surface area contributed by atoms with Crippen molar-refractivity contribution in [3.63, 3.8) is 0 Å². The van der Waals surface area contributed by atoms with Gasteiger partial charge in [0.15, 0.2) is 0 Å². The van der Waals surface area contributed by atoms with Crippen LogP contribution in [0.1, 0.15) is 58.8 Å². The molecule has 6 heteroatoms. The number of amides is 2. The molecule has 0 aromatic carbocycles. The quantitative estimate of drug-likeness (QED) is 0.800. The second kappa shape index (κ2) is 7.26. The molecular formula is C21H35N3O3. The molecular weight excluding hydrogens is 342 g/mol. The van der Waals surface area contributed by atoms with Crippen LogP contribution in [0.2, 0.25) is 0 Å². The Labute approximate surface area is 163 Å². The van der Waals surface area contributed by atoms with Crippen LogP contribution in [0.25, 0.3) is 0 Å². The predicted octanol–water partition coefficient (Wildman–Crippen LogP) is 2.63. The van der Waals surface area contributed by atoms with Gasteiger partial charge in [-0.2, -0.15) is 0 Å². The molecule has 3 heterocycles. The standard InChI is InChI=1S/C21H35N3O3/c1-3-16(4-2)14-24-15-21(27-19(24)26)7-11-23(12-8-21)18(25)17-13-20(17)5-9-22-10-6-20/h16-17,22H,3-15H2,1-2H3/t17-/m1/s1. The molecule has 0 unspecified atom stereocenters. The third-order valence-corrected chi connectivity index (χ3v) is 7.75. The molecule has 2 spiro atoms. The molecule has 4 aliphatic rings. The Morgan fingerprint density at radius 1 is 1.19 bits per heavy atom. The molecule has 1 saturated carbocycles. The number of likely N-dealkylation sites (tertiary alicyclic amines) is 1. The monoisotopic (exact) mass is 377 g/mol. The molecule has 6 nitrogen and oxygen atoms in total. The number of nitrogens with one attached hydrogen (secondary N) is 1. The number of piperidine rings is 2. The SMILES string of the molecule is CCC(CC)CN1CC2(CCN(C(=O)[C@H]3CC34CCNCC4)CC2)OC1=O. The highest BCUT2D eigenvalue weighted by Gasteiger charge is 2.59. The molecule has 3 aliphatic heterocycles. The van der Waals surface area contributed by atoms with Gasteiger partial charge in [-0.1, -0.05) is 26.7 Å². The highest BCUT2D eigenvalue weighted by molar-refractivity contribution is 5.83. The summed E-state index contributed by atoms with van der Waals surface area (Å²) in [5.41, 5.74) is -0.0701. The maximum Gasteiger partial charge on any atom is 0.410 e. The third kappa shape index (κ3) is 3.57. The topological polar surface area (TPSA) is 61.9 Å². The largest absolute Gasteiger partial charge is 0.441 e. The van der Waals surface area contributed by atoms with Crippen molar-refractivity contribution in [1.29, 1.82) is 0 Å². The summed E-state index contributed by atoms with van der Waals surface area (Å²) in [6.45, 7) is 9.43. The summed E-state index contributed by atoms with van der Waals surface area (Å²) in [5.74, 6) is 1.14. The first-order valence-electron chi connectivity index (χ1n) is 11.0. The van der Waals surface area contributed by atoms with Crippen molar-refractivity contribution in [2.45, 2.75) is 64.4 Å². The van der Waals surface area contributed by atoms with E-state index in [2.05, 4.69) is 19.2 Å². The van der Waals surface area contributed by atoms with Crippen molar-refractivity contribution in [3.8, 4) is 0 Å². The summed E-state index contributed by atoms with van der Waals surface area (Å²) in [5, 5.41) is 3.40. The van der Waals surface area contributed by atoms with Crippen molar-refractivity contribution < 1.29 is 14.3 Å². The van der Waals surface area contributed by atoms with Gasteiger partial charge in [0, 0.05) is 38.4 Å². The van der Waals surface area contributed by atoms with E-state index in [9.17, 15) is 9.59 Å². The number of carbonyl (C=O) groups excluding carboxylic acids is 2. The maximum absolute atomic E-state index is 13.0. The van der Waals surface area contributed by atoms with Crippen LogP contribution in [0.3, 0.4) is 0 Å². The van der Waals surface area contributed by atoms with E-state index in [4.69, 9.17) is 4.74 Å². The number of hydrogen-bond acceptors (Lipinski definition) is 4. The minimum atomic E-state index is -0.365. The molecule has 1 atom stereocenters. The summed E-state index contributed by atoms with van der Waals surface area (Å²) in [6.07, 6.45) is 6.96. The van der Waals surface area contributed by atoms with E-state index in [0.29, 0.717) is 23.8 Å².